The largest absolute Gasteiger partial charge is 0.477 e. The Morgan fingerprint density at radius 1 is 1.16 bits per heavy atom. The van der Waals surface area contributed by atoms with Gasteiger partial charge in [0, 0.05) is 25.9 Å². The maximum absolute atomic E-state index is 12.0. The lowest BCUT2D eigenvalue weighted by Crippen LogP contribution is -2.44. The second-order valence-electron chi connectivity index (χ2n) is 4.74. The third kappa shape index (κ3) is 3.30. The number of hydrogen-bond donors (Lipinski definition) is 1. The molecule has 0 aromatic rings. The molecule has 7 nitrogen and oxygen atoms in total. The molecule has 19 heavy (non-hydrogen) atoms. The van der Waals surface area contributed by atoms with E-state index in [1.165, 1.54) is 0 Å². The molecule has 7 heteroatoms. The van der Waals surface area contributed by atoms with Crippen molar-refractivity contribution in [3.05, 3.63) is 0 Å². The number of nitrogens with zero attached hydrogens (tertiary/aromatic N) is 3. The first-order valence-corrected chi connectivity index (χ1v) is 6.47. The van der Waals surface area contributed by atoms with Gasteiger partial charge in [-0.25, -0.2) is 9.80 Å². The summed E-state index contributed by atoms with van der Waals surface area (Å²) in [5.74, 6) is -1.60. The van der Waals surface area contributed by atoms with Crippen molar-refractivity contribution in [1.82, 2.24) is 9.91 Å². The predicted molar refractivity (Wildman–Crippen MR) is 66.4 cm³/mol. The standard InChI is InChI=1S/C12H17N3O4/c16-10-5-4-9(12(18)19)13-15(10)8-11(17)14-6-2-1-3-7-14/h1-8H2,(H,18,19). The normalized spacial score (nSPS) is 20.2. The van der Waals surface area contributed by atoms with Crippen LogP contribution in [0.4, 0.5) is 0 Å². The third-order valence-corrected chi connectivity index (χ3v) is 3.35. The van der Waals surface area contributed by atoms with Gasteiger partial charge in [0.25, 0.3) is 0 Å². The van der Waals surface area contributed by atoms with E-state index in [0.717, 1.165) is 24.3 Å². The highest BCUT2D eigenvalue weighted by molar-refractivity contribution is 6.36. The highest BCUT2D eigenvalue weighted by Crippen LogP contribution is 2.12. The van der Waals surface area contributed by atoms with Gasteiger partial charge in [0.2, 0.25) is 11.8 Å². The Labute approximate surface area is 110 Å². The molecule has 0 bridgehead atoms. The van der Waals surface area contributed by atoms with E-state index in [1.807, 2.05) is 0 Å². The molecule has 1 fully saturated rings. The van der Waals surface area contributed by atoms with E-state index in [2.05, 4.69) is 5.10 Å². The number of carboxylic acid groups (broad SMARTS) is 1. The molecule has 2 aliphatic rings. The van der Waals surface area contributed by atoms with Crippen LogP contribution in [0, 0.1) is 0 Å². The van der Waals surface area contributed by atoms with Gasteiger partial charge in [0.05, 0.1) is 0 Å². The number of rotatable bonds is 3. The minimum absolute atomic E-state index is 0.0638. The van der Waals surface area contributed by atoms with Crippen molar-refractivity contribution in [3.63, 3.8) is 0 Å². The zero-order chi connectivity index (χ0) is 13.8. The first-order valence-electron chi connectivity index (χ1n) is 6.47. The second-order valence-corrected chi connectivity index (χ2v) is 4.74. The Balaban J connectivity index is 1.99. The number of likely N-dealkylation sites (tertiary alicyclic amines) is 1. The van der Waals surface area contributed by atoms with Crippen LogP contribution in [0.5, 0.6) is 0 Å². The third-order valence-electron chi connectivity index (χ3n) is 3.35. The summed E-state index contributed by atoms with van der Waals surface area (Å²) in [6.07, 6.45) is 3.29. The van der Waals surface area contributed by atoms with Crippen molar-refractivity contribution in [2.24, 2.45) is 5.10 Å². The molecule has 0 spiro atoms. The lowest BCUT2D eigenvalue weighted by atomic mass is 10.1. The van der Waals surface area contributed by atoms with Gasteiger partial charge < -0.3 is 10.0 Å². The summed E-state index contributed by atoms with van der Waals surface area (Å²) in [5, 5.41) is 13.6. The van der Waals surface area contributed by atoms with Crippen LogP contribution in [0.3, 0.4) is 0 Å². The summed E-state index contributed by atoms with van der Waals surface area (Å²) in [7, 11) is 0. The van der Waals surface area contributed by atoms with E-state index in [1.54, 1.807) is 4.90 Å². The first-order chi connectivity index (χ1) is 9.08. The molecule has 0 atom stereocenters. The highest BCUT2D eigenvalue weighted by atomic mass is 16.4. The van der Waals surface area contributed by atoms with E-state index >= 15 is 0 Å². The second kappa shape index (κ2) is 5.81. The van der Waals surface area contributed by atoms with Gasteiger partial charge in [-0.3, -0.25) is 9.59 Å². The lowest BCUT2D eigenvalue weighted by Gasteiger charge is -2.29. The molecule has 0 aliphatic carbocycles. The van der Waals surface area contributed by atoms with Crippen molar-refractivity contribution in [2.45, 2.75) is 32.1 Å². The van der Waals surface area contributed by atoms with Gasteiger partial charge in [0.15, 0.2) is 0 Å². The summed E-state index contributed by atoms with van der Waals surface area (Å²) >= 11 is 0. The predicted octanol–water partition coefficient (Wildman–Crippen LogP) is 0.0619. The van der Waals surface area contributed by atoms with Crippen LogP contribution in [0.1, 0.15) is 32.1 Å². The van der Waals surface area contributed by atoms with Crippen molar-refractivity contribution < 1.29 is 19.5 Å². The van der Waals surface area contributed by atoms with Crippen LogP contribution in [0.15, 0.2) is 5.10 Å². The Morgan fingerprint density at radius 3 is 2.47 bits per heavy atom. The van der Waals surface area contributed by atoms with Crippen molar-refractivity contribution >= 4 is 23.5 Å². The molecule has 0 saturated carbocycles. The van der Waals surface area contributed by atoms with Crippen LogP contribution < -0.4 is 0 Å². The molecule has 104 valence electrons. The number of carbonyl (C=O) groups excluding carboxylic acids is 2. The summed E-state index contributed by atoms with van der Waals surface area (Å²) in [6.45, 7) is 1.25. The Kier molecular flexibility index (Phi) is 4.13. The maximum atomic E-state index is 12.0. The molecule has 1 N–H and O–H groups in total. The van der Waals surface area contributed by atoms with E-state index in [0.29, 0.717) is 13.1 Å². The Bertz CT molecular complexity index is 427. The van der Waals surface area contributed by atoms with Crippen LogP contribution in [0.25, 0.3) is 0 Å². The quantitative estimate of drug-likeness (QED) is 0.783. The molecule has 2 amide bonds. The number of carbonyl (C=O) groups is 3. The van der Waals surface area contributed by atoms with Gasteiger partial charge in [-0.05, 0) is 19.3 Å². The van der Waals surface area contributed by atoms with Crippen LogP contribution in [0.2, 0.25) is 0 Å². The zero-order valence-electron chi connectivity index (χ0n) is 10.7. The van der Waals surface area contributed by atoms with Crippen molar-refractivity contribution in [2.75, 3.05) is 19.6 Å². The summed E-state index contributed by atoms with van der Waals surface area (Å²) < 4.78 is 0. The number of piperidine rings is 1. The summed E-state index contributed by atoms with van der Waals surface area (Å²) in [6, 6.07) is 0. The fourth-order valence-electron chi connectivity index (χ4n) is 2.25. The molecule has 0 aromatic heterocycles. The molecule has 0 radical (unpaired) electrons. The maximum Gasteiger partial charge on any atom is 0.352 e. The highest BCUT2D eigenvalue weighted by Gasteiger charge is 2.27. The van der Waals surface area contributed by atoms with E-state index in [9.17, 15) is 14.4 Å². The zero-order valence-corrected chi connectivity index (χ0v) is 10.7. The Morgan fingerprint density at radius 2 is 1.84 bits per heavy atom. The molecule has 2 rings (SSSR count). The summed E-state index contributed by atoms with van der Waals surface area (Å²) in [5.41, 5.74) is -0.0638. The minimum atomic E-state index is -1.14. The number of hydrazone groups is 1. The van der Waals surface area contributed by atoms with Gasteiger partial charge >= 0.3 is 5.97 Å². The van der Waals surface area contributed by atoms with Crippen molar-refractivity contribution in [3.8, 4) is 0 Å². The molecule has 2 heterocycles. The average Bonchev–Trinajstić information content (AvgIpc) is 2.42. The van der Waals surface area contributed by atoms with Crippen molar-refractivity contribution in [1.29, 1.82) is 0 Å². The van der Waals surface area contributed by atoms with E-state index in [4.69, 9.17) is 5.11 Å². The Hall–Kier alpha value is -1.92. The van der Waals surface area contributed by atoms with Crippen LogP contribution >= 0.6 is 0 Å². The number of hydrogen-bond acceptors (Lipinski definition) is 4. The SMILES string of the molecule is O=C(O)C1=NN(CC(=O)N2CCCCC2)C(=O)CC1. The lowest BCUT2D eigenvalue weighted by molar-refractivity contribution is -0.141. The monoisotopic (exact) mass is 267 g/mol. The molecule has 0 aromatic carbocycles. The minimum Gasteiger partial charge on any atom is -0.477 e. The van der Waals surface area contributed by atoms with Gasteiger partial charge in [0.1, 0.15) is 12.3 Å². The summed E-state index contributed by atoms with van der Waals surface area (Å²) in [4.78, 5) is 36.2. The molecule has 0 unspecified atom stereocenters. The van der Waals surface area contributed by atoms with Gasteiger partial charge in [-0.15, -0.1) is 0 Å². The smallest absolute Gasteiger partial charge is 0.352 e. The van der Waals surface area contributed by atoms with Gasteiger partial charge in [-0.1, -0.05) is 0 Å². The first kappa shape index (κ1) is 13.5. The molecular formula is C12H17N3O4. The number of amides is 2. The molecular weight excluding hydrogens is 250 g/mol. The molecule has 2 aliphatic heterocycles. The fraction of sp³-hybridized carbons (Fsp3) is 0.667. The van der Waals surface area contributed by atoms with Crippen LogP contribution in [-0.4, -0.2) is 58.1 Å². The molecule has 1 saturated heterocycles. The average molecular weight is 267 g/mol. The number of carboxylic acids is 1. The van der Waals surface area contributed by atoms with E-state index < -0.39 is 5.97 Å². The fourth-order valence-corrected chi connectivity index (χ4v) is 2.25. The number of aliphatic carboxylic acids is 1. The van der Waals surface area contributed by atoms with Crippen LogP contribution in [-0.2, 0) is 14.4 Å². The van der Waals surface area contributed by atoms with E-state index in [-0.39, 0.29) is 36.9 Å². The topological polar surface area (TPSA) is 90.3 Å². The van der Waals surface area contributed by atoms with Gasteiger partial charge in [-0.2, -0.15) is 5.10 Å².